The van der Waals surface area contributed by atoms with Crippen LogP contribution in [0.3, 0.4) is 0 Å². The van der Waals surface area contributed by atoms with Gasteiger partial charge in [-0.15, -0.1) is 0 Å². The highest BCUT2D eigenvalue weighted by Crippen LogP contribution is 2.18. The van der Waals surface area contributed by atoms with Gasteiger partial charge in [-0.05, 0) is 24.8 Å². The number of hydrogen-bond acceptors (Lipinski definition) is 5. The highest BCUT2D eigenvalue weighted by Gasteiger charge is 2.16. The van der Waals surface area contributed by atoms with Crippen LogP contribution in [0.4, 0.5) is 0 Å². The van der Waals surface area contributed by atoms with Gasteiger partial charge in [0.05, 0.1) is 11.8 Å². The van der Waals surface area contributed by atoms with Gasteiger partial charge in [0.25, 0.3) is 0 Å². The lowest BCUT2D eigenvalue weighted by Gasteiger charge is -2.14. The Morgan fingerprint density at radius 2 is 2.21 bits per heavy atom. The van der Waals surface area contributed by atoms with Gasteiger partial charge in [-0.3, -0.25) is 4.68 Å². The maximum atomic E-state index is 5.79. The average molecular weight is 263 g/mol. The van der Waals surface area contributed by atoms with E-state index in [-0.39, 0.29) is 0 Å². The summed E-state index contributed by atoms with van der Waals surface area (Å²) in [6, 6.07) is 0. The molecule has 0 saturated carbocycles. The lowest BCUT2D eigenvalue weighted by Crippen LogP contribution is -2.19. The SMILES string of the molecule is CC(C)C[C@H](CN)Cc1nc(-c2cnn(C)c2)no1. The summed E-state index contributed by atoms with van der Waals surface area (Å²) in [5.41, 5.74) is 6.65. The zero-order valence-electron chi connectivity index (χ0n) is 11.7. The summed E-state index contributed by atoms with van der Waals surface area (Å²) in [7, 11) is 1.86. The van der Waals surface area contributed by atoms with Crippen molar-refractivity contribution in [3.8, 4) is 11.4 Å². The zero-order valence-corrected chi connectivity index (χ0v) is 11.7. The molecule has 6 heteroatoms. The molecule has 0 aromatic carbocycles. The third kappa shape index (κ3) is 3.64. The summed E-state index contributed by atoms with van der Waals surface area (Å²) < 4.78 is 7.00. The van der Waals surface area contributed by atoms with E-state index in [2.05, 4.69) is 29.1 Å². The van der Waals surface area contributed by atoms with Crippen molar-refractivity contribution in [1.82, 2.24) is 19.9 Å². The molecule has 1 atom stereocenters. The second kappa shape index (κ2) is 5.97. The predicted molar refractivity (Wildman–Crippen MR) is 72.2 cm³/mol. The molecule has 2 aromatic heterocycles. The quantitative estimate of drug-likeness (QED) is 0.856. The molecule has 0 aliphatic carbocycles. The molecule has 19 heavy (non-hydrogen) atoms. The first kappa shape index (κ1) is 13.7. The van der Waals surface area contributed by atoms with Gasteiger partial charge < -0.3 is 10.3 Å². The molecule has 2 rings (SSSR count). The van der Waals surface area contributed by atoms with Crippen LogP contribution >= 0.6 is 0 Å². The van der Waals surface area contributed by atoms with Gasteiger partial charge in [0.2, 0.25) is 11.7 Å². The third-order valence-corrected chi connectivity index (χ3v) is 3.03. The van der Waals surface area contributed by atoms with Crippen molar-refractivity contribution in [2.75, 3.05) is 6.54 Å². The minimum atomic E-state index is 0.391. The van der Waals surface area contributed by atoms with Crippen molar-refractivity contribution in [2.45, 2.75) is 26.7 Å². The van der Waals surface area contributed by atoms with Gasteiger partial charge in [-0.2, -0.15) is 10.1 Å². The standard InChI is InChI=1S/C13H21N5O/c1-9(2)4-10(6-14)5-12-16-13(17-19-12)11-7-15-18(3)8-11/h7-10H,4-6,14H2,1-3H3/t10-/m0/s1. The number of aromatic nitrogens is 4. The van der Waals surface area contributed by atoms with Crippen LogP contribution in [0.15, 0.2) is 16.9 Å². The molecule has 0 saturated heterocycles. The smallest absolute Gasteiger partial charge is 0.227 e. The van der Waals surface area contributed by atoms with Crippen molar-refractivity contribution >= 4 is 0 Å². The second-order valence-corrected chi connectivity index (χ2v) is 5.35. The van der Waals surface area contributed by atoms with Crippen LogP contribution in [-0.2, 0) is 13.5 Å². The molecule has 2 aromatic rings. The van der Waals surface area contributed by atoms with Crippen molar-refractivity contribution in [3.63, 3.8) is 0 Å². The maximum Gasteiger partial charge on any atom is 0.227 e. The first-order valence-corrected chi connectivity index (χ1v) is 6.60. The van der Waals surface area contributed by atoms with Gasteiger partial charge >= 0.3 is 0 Å². The van der Waals surface area contributed by atoms with Gasteiger partial charge in [-0.1, -0.05) is 19.0 Å². The minimum absolute atomic E-state index is 0.391. The molecule has 2 N–H and O–H groups in total. The van der Waals surface area contributed by atoms with Crippen LogP contribution in [-0.4, -0.2) is 26.5 Å². The third-order valence-electron chi connectivity index (χ3n) is 3.03. The van der Waals surface area contributed by atoms with Gasteiger partial charge in [-0.25, -0.2) is 0 Å². The van der Waals surface area contributed by atoms with Crippen molar-refractivity contribution < 1.29 is 4.52 Å². The van der Waals surface area contributed by atoms with Crippen molar-refractivity contribution in [1.29, 1.82) is 0 Å². The maximum absolute atomic E-state index is 5.79. The molecule has 2 heterocycles. The van der Waals surface area contributed by atoms with E-state index in [0.717, 1.165) is 18.4 Å². The van der Waals surface area contributed by atoms with Crippen LogP contribution in [0.1, 0.15) is 26.2 Å². The number of hydrogen-bond donors (Lipinski definition) is 1. The first-order valence-electron chi connectivity index (χ1n) is 6.60. The van der Waals surface area contributed by atoms with Gasteiger partial charge in [0, 0.05) is 19.7 Å². The summed E-state index contributed by atoms with van der Waals surface area (Å²) >= 11 is 0. The van der Waals surface area contributed by atoms with Gasteiger partial charge in [0.15, 0.2) is 0 Å². The lowest BCUT2D eigenvalue weighted by atomic mass is 9.94. The topological polar surface area (TPSA) is 82.8 Å². The second-order valence-electron chi connectivity index (χ2n) is 5.35. The molecular weight excluding hydrogens is 242 g/mol. The molecule has 104 valence electrons. The summed E-state index contributed by atoms with van der Waals surface area (Å²) in [6.45, 7) is 5.03. The molecule has 0 bridgehead atoms. The fourth-order valence-corrected chi connectivity index (χ4v) is 2.17. The monoisotopic (exact) mass is 263 g/mol. The van der Waals surface area contributed by atoms with E-state index in [1.165, 1.54) is 0 Å². The van der Waals surface area contributed by atoms with Crippen LogP contribution in [0.25, 0.3) is 11.4 Å². The minimum Gasteiger partial charge on any atom is -0.339 e. The Kier molecular flexibility index (Phi) is 4.31. The summed E-state index contributed by atoms with van der Waals surface area (Å²) in [4.78, 5) is 4.40. The number of aryl methyl sites for hydroxylation is 1. The van der Waals surface area contributed by atoms with Crippen LogP contribution in [0, 0.1) is 11.8 Å². The van der Waals surface area contributed by atoms with E-state index >= 15 is 0 Å². The first-order chi connectivity index (χ1) is 9.08. The molecule has 0 spiro atoms. The number of nitrogens with two attached hydrogens (primary N) is 1. The fraction of sp³-hybridized carbons (Fsp3) is 0.615. The molecule has 0 fully saturated rings. The molecule has 0 amide bonds. The molecule has 0 aliphatic rings. The van der Waals surface area contributed by atoms with Crippen LogP contribution in [0.2, 0.25) is 0 Å². The van der Waals surface area contributed by atoms with Crippen molar-refractivity contribution in [3.05, 3.63) is 18.3 Å². The van der Waals surface area contributed by atoms with Crippen LogP contribution in [0.5, 0.6) is 0 Å². The Morgan fingerprint density at radius 1 is 1.42 bits per heavy atom. The fourth-order valence-electron chi connectivity index (χ4n) is 2.17. The summed E-state index contributed by atoms with van der Waals surface area (Å²) in [5.74, 6) is 2.25. The highest BCUT2D eigenvalue weighted by atomic mass is 16.5. The Morgan fingerprint density at radius 3 is 2.79 bits per heavy atom. The van der Waals surface area contributed by atoms with E-state index < -0.39 is 0 Å². The largest absolute Gasteiger partial charge is 0.339 e. The number of rotatable bonds is 6. The molecule has 0 aliphatic heterocycles. The van der Waals surface area contributed by atoms with Crippen LogP contribution < -0.4 is 5.73 Å². The molecule has 0 radical (unpaired) electrons. The van der Waals surface area contributed by atoms with E-state index in [0.29, 0.717) is 30.1 Å². The Hall–Kier alpha value is -1.69. The molecule has 6 nitrogen and oxygen atoms in total. The van der Waals surface area contributed by atoms with Crippen molar-refractivity contribution in [2.24, 2.45) is 24.6 Å². The Labute approximate surface area is 113 Å². The zero-order chi connectivity index (χ0) is 13.8. The van der Waals surface area contributed by atoms with E-state index in [9.17, 15) is 0 Å². The lowest BCUT2D eigenvalue weighted by molar-refractivity contribution is 0.332. The Balaban J connectivity index is 2.04. The Bertz CT molecular complexity index is 517. The number of nitrogens with zero attached hydrogens (tertiary/aromatic N) is 4. The summed E-state index contributed by atoms with van der Waals surface area (Å²) in [5, 5.41) is 8.08. The van der Waals surface area contributed by atoms with E-state index in [1.807, 2.05) is 13.2 Å². The predicted octanol–water partition coefficient (Wildman–Crippen LogP) is 1.63. The summed E-state index contributed by atoms with van der Waals surface area (Å²) in [6.07, 6.45) is 5.40. The molecular formula is C13H21N5O. The normalized spacial score (nSPS) is 13.1. The van der Waals surface area contributed by atoms with Gasteiger partial charge in [0.1, 0.15) is 0 Å². The average Bonchev–Trinajstić information content (AvgIpc) is 2.96. The van der Waals surface area contributed by atoms with E-state index in [4.69, 9.17) is 10.3 Å². The molecule has 0 unspecified atom stereocenters. The van der Waals surface area contributed by atoms with E-state index in [1.54, 1.807) is 10.9 Å². The highest BCUT2D eigenvalue weighted by molar-refractivity contribution is 5.50.